The minimum Gasteiger partial charge on any atom is -0.454 e. The van der Waals surface area contributed by atoms with Crippen LogP contribution in [0, 0.1) is 0 Å². The first kappa shape index (κ1) is 16.5. The highest BCUT2D eigenvalue weighted by molar-refractivity contribution is 8.00. The van der Waals surface area contributed by atoms with Crippen molar-refractivity contribution in [2.45, 2.75) is 10.1 Å². The van der Waals surface area contributed by atoms with Crippen LogP contribution in [0.25, 0.3) is 0 Å². The molecule has 1 heterocycles. The second-order valence-corrected chi connectivity index (χ2v) is 6.96. The van der Waals surface area contributed by atoms with Gasteiger partial charge < -0.3 is 14.8 Å². The fraction of sp³-hybridized carbons (Fsp3) is 0.0952. The van der Waals surface area contributed by atoms with Crippen molar-refractivity contribution in [2.24, 2.45) is 0 Å². The molecule has 3 aromatic rings. The van der Waals surface area contributed by atoms with E-state index in [9.17, 15) is 4.79 Å². The summed E-state index contributed by atoms with van der Waals surface area (Å²) in [7, 11) is 0. The Balaban J connectivity index is 1.57. The summed E-state index contributed by atoms with van der Waals surface area (Å²) in [6.07, 6.45) is 0. The molecule has 0 fully saturated rings. The number of fused-ring (bicyclic) bond motifs is 1. The Morgan fingerprint density at radius 3 is 2.35 bits per heavy atom. The summed E-state index contributed by atoms with van der Waals surface area (Å²) in [6.45, 7) is 0.212. The topological polar surface area (TPSA) is 47.6 Å². The number of benzene rings is 3. The third-order valence-electron chi connectivity index (χ3n) is 3.98. The van der Waals surface area contributed by atoms with Crippen molar-refractivity contribution in [3.05, 3.63) is 84.4 Å². The molecular formula is C21H17NO3S. The van der Waals surface area contributed by atoms with Crippen LogP contribution in [0.1, 0.15) is 10.8 Å². The van der Waals surface area contributed by atoms with E-state index in [-0.39, 0.29) is 18.0 Å². The highest BCUT2D eigenvalue weighted by Gasteiger charge is 2.23. The Kier molecular flexibility index (Phi) is 4.80. The molecule has 0 radical (unpaired) electrons. The van der Waals surface area contributed by atoms with Crippen molar-refractivity contribution >= 4 is 23.4 Å². The highest BCUT2D eigenvalue weighted by atomic mass is 32.2. The zero-order chi connectivity index (χ0) is 17.8. The van der Waals surface area contributed by atoms with E-state index in [4.69, 9.17) is 9.47 Å². The maximum atomic E-state index is 13.0. The Morgan fingerprint density at radius 2 is 1.58 bits per heavy atom. The van der Waals surface area contributed by atoms with Gasteiger partial charge in [0, 0.05) is 16.6 Å². The zero-order valence-corrected chi connectivity index (χ0v) is 14.7. The van der Waals surface area contributed by atoms with Crippen LogP contribution in [0.4, 0.5) is 5.69 Å². The summed E-state index contributed by atoms with van der Waals surface area (Å²) in [5.41, 5.74) is 1.65. The average Bonchev–Trinajstić information content (AvgIpc) is 3.15. The molecule has 4 rings (SSSR count). The molecule has 26 heavy (non-hydrogen) atoms. The quantitative estimate of drug-likeness (QED) is 0.656. The predicted molar refractivity (Wildman–Crippen MR) is 103 cm³/mol. The Bertz CT molecular complexity index is 900. The van der Waals surface area contributed by atoms with Gasteiger partial charge >= 0.3 is 0 Å². The van der Waals surface area contributed by atoms with Gasteiger partial charge in [-0.25, -0.2) is 0 Å². The molecule has 0 unspecified atom stereocenters. The molecule has 1 aliphatic rings. The SMILES string of the molecule is O=C(Nc1ccc2c(c1)OCO2)[C@H](Sc1ccccc1)c1ccccc1. The second kappa shape index (κ2) is 7.54. The van der Waals surface area contributed by atoms with Gasteiger partial charge in [-0.05, 0) is 29.8 Å². The number of hydrogen-bond acceptors (Lipinski definition) is 4. The number of hydrogen-bond donors (Lipinski definition) is 1. The summed E-state index contributed by atoms with van der Waals surface area (Å²) in [4.78, 5) is 14.1. The van der Waals surface area contributed by atoms with Crippen LogP contribution in [-0.2, 0) is 4.79 Å². The number of ether oxygens (including phenoxy) is 2. The summed E-state index contributed by atoms with van der Waals surface area (Å²) in [6, 6.07) is 25.1. The Labute approximate surface area is 156 Å². The van der Waals surface area contributed by atoms with Crippen LogP contribution >= 0.6 is 11.8 Å². The van der Waals surface area contributed by atoms with Gasteiger partial charge in [0.2, 0.25) is 12.7 Å². The van der Waals surface area contributed by atoms with Gasteiger partial charge in [0.15, 0.2) is 11.5 Å². The summed E-state index contributed by atoms with van der Waals surface area (Å²) in [5, 5.41) is 2.64. The number of carbonyl (C=O) groups is 1. The lowest BCUT2D eigenvalue weighted by Crippen LogP contribution is -2.19. The minimum atomic E-state index is -0.357. The van der Waals surface area contributed by atoms with Crippen LogP contribution in [-0.4, -0.2) is 12.7 Å². The van der Waals surface area contributed by atoms with Gasteiger partial charge in [-0.15, -0.1) is 11.8 Å². The lowest BCUT2D eigenvalue weighted by atomic mass is 10.1. The second-order valence-electron chi connectivity index (χ2n) is 5.78. The lowest BCUT2D eigenvalue weighted by Gasteiger charge is -2.17. The highest BCUT2D eigenvalue weighted by Crippen LogP contribution is 2.38. The molecule has 0 aromatic heterocycles. The number of anilines is 1. The number of amides is 1. The van der Waals surface area contributed by atoms with Crippen molar-refractivity contribution in [1.29, 1.82) is 0 Å². The third-order valence-corrected chi connectivity index (χ3v) is 5.24. The molecule has 0 bridgehead atoms. The fourth-order valence-corrected chi connectivity index (χ4v) is 3.76. The molecule has 4 nitrogen and oxygen atoms in total. The van der Waals surface area contributed by atoms with Gasteiger partial charge in [-0.1, -0.05) is 48.5 Å². The Hall–Kier alpha value is -2.92. The normalized spacial score (nSPS) is 13.2. The third kappa shape index (κ3) is 3.68. The van der Waals surface area contributed by atoms with Crippen molar-refractivity contribution in [3.8, 4) is 11.5 Å². The van der Waals surface area contributed by atoms with E-state index in [1.54, 1.807) is 12.1 Å². The molecule has 0 saturated carbocycles. The lowest BCUT2D eigenvalue weighted by molar-refractivity contribution is -0.115. The van der Waals surface area contributed by atoms with Gasteiger partial charge in [-0.3, -0.25) is 4.79 Å². The zero-order valence-electron chi connectivity index (χ0n) is 13.9. The van der Waals surface area contributed by atoms with Gasteiger partial charge in [0.25, 0.3) is 0 Å². The molecule has 1 atom stereocenters. The van der Waals surface area contributed by atoms with E-state index in [2.05, 4.69) is 5.32 Å². The van der Waals surface area contributed by atoms with E-state index < -0.39 is 0 Å². The number of carbonyl (C=O) groups excluding carboxylic acids is 1. The molecule has 5 heteroatoms. The first-order valence-corrected chi connectivity index (χ1v) is 9.15. The van der Waals surface area contributed by atoms with E-state index in [1.165, 1.54) is 11.8 Å². The molecule has 3 aromatic carbocycles. The molecule has 0 spiro atoms. The van der Waals surface area contributed by atoms with Crippen molar-refractivity contribution in [1.82, 2.24) is 0 Å². The maximum absolute atomic E-state index is 13.0. The van der Waals surface area contributed by atoms with Crippen LogP contribution in [0.15, 0.2) is 83.8 Å². The smallest absolute Gasteiger partial charge is 0.242 e. The van der Waals surface area contributed by atoms with Gasteiger partial charge in [0.1, 0.15) is 5.25 Å². The van der Waals surface area contributed by atoms with Crippen molar-refractivity contribution in [3.63, 3.8) is 0 Å². The van der Waals surface area contributed by atoms with Crippen LogP contribution in [0.3, 0.4) is 0 Å². The van der Waals surface area contributed by atoms with E-state index in [0.29, 0.717) is 17.2 Å². The van der Waals surface area contributed by atoms with E-state index in [0.717, 1.165) is 10.5 Å². The molecular weight excluding hydrogens is 346 g/mol. The molecule has 1 aliphatic heterocycles. The first-order valence-electron chi connectivity index (χ1n) is 8.27. The van der Waals surface area contributed by atoms with E-state index >= 15 is 0 Å². The summed E-state index contributed by atoms with van der Waals surface area (Å²) in [5.74, 6) is 1.26. The fourth-order valence-electron chi connectivity index (χ4n) is 2.72. The first-order chi connectivity index (χ1) is 12.8. The Morgan fingerprint density at radius 1 is 0.885 bits per heavy atom. The maximum Gasteiger partial charge on any atom is 0.242 e. The predicted octanol–water partition coefficient (Wildman–Crippen LogP) is 4.89. The average molecular weight is 363 g/mol. The monoisotopic (exact) mass is 363 g/mol. The molecule has 0 saturated heterocycles. The summed E-state index contributed by atoms with van der Waals surface area (Å²) >= 11 is 1.53. The minimum absolute atomic E-state index is 0.0797. The van der Waals surface area contributed by atoms with Gasteiger partial charge in [-0.2, -0.15) is 0 Å². The molecule has 1 amide bonds. The largest absolute Gasteiger partial charge is 0.454 e. The van der Waals surface area contributed by atoms with Crippen molar-refractivity contribution < 1.29 is 14.3 Å². The van der Waals surface area contributed by atoms with Crippen LogP contribution < -0.4 is 14.8 Å². The standard InChI is InChI=1S/C21H17NO3S/c23-21(22-16-11-12-18-19(13-16)25-14-24-18)20(15-7-3-1-4-8-15)26-17-9-5-2-6-10-17/h1-13,20H,14H2,(H,22,23)/t20-/m1/s1. The number of nitrogens with one attached hydrogen (secondary N) is 1. The molecule has 1 N–H and O–H groups in total. The van der Waals surface area contributed by atoms with Crippen LogP contribution in [0.2, 0.25) is 0 Å². The van der Waals surface area contributed by atoms with E-state index in [1.807, 2.05) is 66.7 Å². The van der Waals surface area contributed by atoms with Crippen LogP contribution in [0.5, 0.6) is 11.5 Å². The van der Waals surface area contributed by atoms with Crippen molar-refractivity contribution in [2.75, 3.05) is 12.1 Å². The number of thioether (sulfide) groups is 1. The molecule has 130 valence electrons. The summed E-state index contributed by atoms with van der Waals surface area (Å²) < 4.78 is 10.7. The van der Waals surface area contributed by atoms with Gasteiger partial charge in [0.05, 0.1) is 0 Å². The number of rotatable bonds is 5. The molecule has 0 aliphatic carbocycles.